The van der Waals surface area contributed by atoms with E-state index >= 15 is 0 Å². The summed E-state index contributed by atoms with van der Waals surface area (Å²) in [7, 11) is 0. The van der Waals surface area contributed by atoms with Crippen LogP contribution in [-0.4, -0.2) is 0 Å². The fourth-order valence-electron chi connectivity index (χ4n) is 3.74. The molecule has 0 saturated heterocycles. The Morgan fingerprint density at radius 1 is 0.500 bits per heavy atom. The van der Waals surface area contributed by atoms with Gasteiger partial charge in [0, 0.05) is 23.2 Å². The highest BCUT2D eigenvalue weighted by molar-refractivity contribution is 5.45. The molecule has 0 radical (unpaired) electrons. The van der Waals surface area contributed by atoms with Crippen molar-refractivity contribution in [2.24, 2.45) is 0 Å². The second kappa shape index (κ2) is 8.09. The third kappa shape index (κ3) is 3.91. The molecule has 26 heavy (non-hydrogen) atoms. The van der Waals surface area contributed by atoms with Crippen LogP contribution in [0.5, 0.6) is 0 Å². The van der Waals surface area contributed by atoms with Gasteiger partial charge in [-0.15, -0.1) is 0 Å². The van der Waals surface area contributed by atoms with Crippen molar-refractivity contribution in [3.8, 4) is 0 Å². The van der Waals surface area contributed by atoms with Gasteiger partial charge < -0.3 is 11.5 Å². The lowest BCUT2D eigenvalue weighted by atomic mass is 9.85. The van der Waals surface area contributed by atoms with E-state index in [-0.39, 0.29) is 0 Å². The minimum Gasteiger partial charge on any atom is -0.399 e. The molecule has 2 nitrogen and oxygen atoms in total. The van der Waals surface area contributed by atoms with Gasteiger partial charge in [-0.05, 0) is 59.4 Å². The highest BCUT2D eigenvalue weighted by atomic mass is 14.5. The van der Waals surface area contributed by atoms with Crippen molar-refractivity contribution in [2.75, 3.05) is 11.5 Å². The molecule has 0 amide bonds. The van der Waals surface area contributed by atoms with Gasteiger partial charge >= 0.3 is 0 Å². The monoisotopic (exact) mass is 344 g/mol. The van der Waals surface area contributed by atoms with Crippen molar-refractivity contribution >= 4 is 11.4 Å². The van der Waals surface area contributed by atoms with Gasteiger partial charge in [-0.3, -0.25) is 0 Å². The number of rotatable bonds is 6. The van der Waals surface area contributed by atoms with Gasteiger partial charge in [0.2, 0.25) is 0 Å². The summed E-state index contributed by atoms with van der Waals surface area (Å²) in [6, 6.07) is 25.6. The first-order chi connectivity index (χ1) is 12.6. The summed E-state index contributed by atoms with van der Waals surface area (Å²) in [6.07, 6.45) is 2.14. The molecule has 0 aliphatic carbocycles. The van der Waals surface area contributed by atoms with Crippen LogP contribution < -0.4 is 11.5 Å². The Labute approximate surface area is 156 Å². The summed E-state index contributed by atoms with van der Waals surface area (Å²) in [4.78, 5) is 0. The highest BCUT2D eigenvalue weighted by Crippen LogP contribution is 2.32. The summed E-state index contributed by atoms with van der Waals surface area (Å²) in [6.45, 7) is 4.47. The van der Waals surface area contributed by atoms with E-state index in [2.05, 4.69) is 62.4 Å². The van der Waals surface area contributed by atoms with E-state index in [0.717, 1.165) is 24.2 Å². The normalized spacial score (nSPS) is 13.3. The maximum Gasteiger partial charge on any atom is 0.0314 e. The van der Waals surface area contributed by atoms with Gasteiger partial charge in [-0.1, -0.05) is 62.4 Å². The average Bonchev–Trinajstić information content (AvgIpc) is 2.67. The number of hydrogen-bond acceptors (Lipinski definition) is 2. The lowest BCUT2D eigenvalue weighted by molar-refractivity contribution is 0.763. The molecule has 3 aromatic rings. The highest BCUT2D eigenvalue weighted by Gasteiger charge is 2.15. The molecule has 2 atom stereocenters. The van der Waals surface area contributed by atoms with Crippen molar-refractivity contribution in [1.82, 2.24) is 0 Å². The zero-order chi connectivity index (χ0) is 18.5. The predicted molar refractivity (Wildman–Crippen MR) is 112 cm³/mol. The third-order valence-electron chi connectivity index (χ3n) is 5.24. The van der Waals surface area contributed by atoms with Crippen LogP contribution in [0, 0.1) is 0 Å². The van der Waals surface area contributed by atoms with E-state index in [1.807, 2.05) is 24.3 Å². The maximum absolute atomic E-state index is 5.83. The van der Waals surface area contributed by atoms with Crippen molar-refractivity contribution in [3.63, 3.8) is 0 Å². The molecule has 0 spiro atoms. The van der Waals surface area contributed by atoms with Gasteiger partial charge in [0.15, 0.2) is 0 Å². The van der Waals surface area contributed by atoms with E-state index in [1.165, 1.54) is 22.3 Å². The topological polar surface area (TPSA) is 52.0 Å². The number of nitrogens with two attached hydrogens (primary N) is 2. The molecular weight excluding hydrogens is 316 g/mol. The molecule has 0 heterocycles. The Hall–Kier alpha value is -2.74. The molecule has 2 unspecified atom stereocenters. The summed E-state index contributed by atoms with van der Waals surface area (Å²) >= 11 is 0. The van der Waals surface area contributed by atoms with Gasteiger partial charge in [0.05, 0.1) is 0 Å². The summed E-state index contributed by atoms with van der Waals surface area (Å²) in [5.74, 6) is 0.808. The van der Waals surface area contributed by atoms with Crippen LogP contribution in [0.15, 0.2) is 72.8 Å². The Morgan fingerprint density at radius 3 is 0.962 bits per heavy atom. The zero-order valence-corrected chi connectivity index (χ0v) is 15.7. The minimum atomic E-state index is 0.404. The van der Waals surface area contributed by atoms with Crippen molar-refractivity contribution in [2.45, 2.75) is 38.5 Å². The number of anilines is 2. The van der Waals surface area contributed by atoms with Crippen molar-refractivity contribution in [3.05, 3.63) is 95.1 Å². The van der Waals surface area contributed by atoms with Gasteiger partial charge in [0.1, 0.15) is 0 Å². The molecule has 3 rings (SSSR count). The lowest BCUT2D eigenvalue weighted by Gasteiger charge is -2.20. The first kappa shape index (κ1) is 18.1. The zero-order valence-electron chi connectivity index (χ0n) is 15.7. The fourth-order valence-corrected chi connectivity index (χ4v) is 3.74. The van der Waals surface area contributed by atoms with Gasteiger partial charge in [0.25, 0.3) is 0 Å². The third-order valence-corrected chi connectivity index (χ3v) is 5.24. The van der Waals surface area contributed by atoms with E-state index in [1.54, 1.807) is 0 Å². The molecule has 0 fully saturated rings. The molecule has 0 aromatic heterocycles. The van der Waals surface area contributed by atoms with Crippen LogP contribution >= 0.6 is 0 Å². The standard InChI is InChI=1S/C24H28N2/c1-3-23(19-9-13-21(25)14-10-19)17-5-7-18(8-6-17)24(4-2)20-11-15-22(26)16-12-20/h5-16,23-24H,3-4,25-26H2,1-2H3. The fraction of sp³-hybridized carbons (Fsp3) is 0.250. The largest absolute Gasteiger partial charge is 0.399 e. The molecule has 4 N–H and O–H groups in total. The second-order valence-electron chi connectivity index (χ2n) is 6.92. The smallest absolute Gasteiger partial charge is 0.0314 e. The van der Waals surface area contributed by atoms with Crippen LogP contribution in [0.2, 0.25) is 0 Å². The Morgan fingerprint density at radius 2 is 0.731 bits per heavy atom. The number of hydrogen-bond donors (Lipinski definition) is 2. The van der Waals surface area contributed by atoms with Crippen LogP contribution in [-0.2, 0) is 0 Å². The Balaban J connectivity index is 1.86. The Bertz CT molecular complexity index is 745. The van der Waals surface area contributed by atoms with E-state index < -0.39 is 0 Å². The molecule has 3 aromatic carbocycles. The number of nitrogen functional groups attached to an aromatic ring is 2. The molecular formula is C24H28N2. The van der Waals surface area contributed by atoms with Crippen LogP contribution in [0.1, 0.15) is 60.8 Å². The van der Waals surface area contributed by atoms with Crippen LogP contribution in [0.3, 0.4) is 0 Å². The SMILES string of the molecule is CCC(c1ccc(N)cc1)c1ccc(C(CC)c2ccc(N)cc2)cc1. The first-order valence-electron chi connectivity index (χ1n) is 9.43. The van der Waals surface area contributed by atoms with E-state index in [9.17, 15) is 0 Å². The molecule has 2 heteroatoms. The van der Waals surface area contributed by atoms with Crippen LogP contribution in [0.4, 0.5) is 11.4 Å². The summed E-state index contributed by atoms with van der Waals surface area (Å²) in [5.41, 5.74) is 18.6. The number of benzene rings is 3. The molecule has 134 valence electrons. The van der Waals surface area contributed by atoms with E-state index in [4.69, 9.17) is 11.5 Å². The minimum absolute atomic E-state index is 0.404. The van der Waals surface area contributed by atoms with Crippen LogP contribution in [0.25, 0.3) is 0 Å². The average molecular weight is 345 g/mol. The first-order valence-corrected chi connectivity index (χ1v) is 9.43. The molecule has 0 bridgehead atoms. The molecule has 0 saturated carbocycles. The Kier molecular flexibility index (Phi) is 5.62. The molecule has 0 aliphatic heterocycles. The second-order valence-corrected chi connectivity index (χ2v) is 6.92. The van der Waals surface area contributed by atoms with Crippen molar-refractivity contribution in [1.29, 1.82) is 0 Å². The quantitative estimate of drug-likeness (QED) is 0.544. The lowest BCUT2D eigenvalue weighted by Crippen LogP contribution is -2.03. The van der Waals surface area contributed by atoms with Gasteiger partial charge in [-0.25, -0.2) is 0 Å². The summed E-state index contributed by atoms with van der Waals surface area (Å²) in [5, 5.41) is 0. The van der Waals surface area contributed by atoms with E-state index in [0.29, 0.717) is 11.8 Å². The molecule has 0 aliphatic rings. The van der Waals surface area contributed by atoms with Gasteiger partial charge in [-0.2, -0.15) is 0 Å². The summed E-state index contributed by atoms with van der Waals surface area (Å²) < 4.78 is 0. The predicted octanol–water partition coefficient (Wildman–Crippen LogP) is 5.93. The maximum atomic E-state index is 5.83. The van der Waals surface area contributed by atoms with Crippen molar-refractivity contribution < 1.29 is 0 Å².